The van der Waals surface area contributed by atoms with E-state index in [9.17, 15) is 0 Å². The lowest BCUT2D eigenvalue weighted by Gasteiger charge is -2.41. The van der Waals surface area contributed by atoms with E-state index in [2.05, 4.69) is 44.3 Å². The van der Waals surface area contributed by atoms with Gasteiger partial charge in [-0.05, 0) is 55.8 Å². The van der Waals surface area contributed by atoms with Crippen LogP contribution in [-0.2, 0) is 0 Å². The van der Waals surface area contributed by atoms with Gasteiger partial charge in [0, 0.05) is 16.2 Å². The van der Waals surface area contributed by atoms with Crippen molar-refractivity contribution in [3.63, 3.8) is 0 Å². The van der Waals surface area contributed by atoms with Gasteiger partial charge < -0.3 is 10.1 Å². The molecule has 2 atom stereocenters. The van der Waals surface area contributed by atoms with Crippen LogP contribution >= 0.6 is 11.8 Å². The first-order chi connectivity index (χ1) is 10.0. The summed E-state index contributed by atoms with van der Waals surface area (Å²) in [6.45, 7) is 8.18. The largest absolute Gasteiger partial charge is 0.497 e. The first-order valence-electron chi connectivity index (χ1n) is 8.08. The fourth-order valence-corrected chi connectivity index (χ4v) is 4.68. The van der Waals surface area contributed by atoms with Crippen LogP contribution in [0.2, 0.25) is 0 Å². The van der Waals surface area contributed by atoms with Crippen molar-refractivity contribution in [3.8, 4) is 5.75 Å². The second-order valence-corrected chi connectivity index (χ2v) is 8.12. The average Bonchev–Trinajstić information content (AvgIpc) is 2.46. The zero-order valence-electron chi connectivity index (χ0n) is 13.8. The van der Waals surface area contributed by atoms with E-state index in [0.717, 1.165) is 12.3 Å². The second-order valence-electron chi connectivity index (χ2n) is 6.80. The van der Waals surface area contributed by atoms with Gasteiger partial charge in [-0.3, -0.25) is 0 Å². The average molecular weight is 308 g/mol. The van der Waals surface area contributed by atoms with Crippen LogP contribution in [0.1, 0.15) is 46.5 Å². The Bertz CT molecular complexity index is 447. The summed E-state index contributed by atoms with van der Waals surface area (Å²) in [6, 6.07) is 9.09. The fourth-order valence-electron chi connectivity index (χ4n) is 3.06. The lowest BCUT2D eigenvalue weighted by molar-refractivity contribution is 0.214. The van der Waals surface area contributed by atoms with Crippen LogP contribution in [0.5, 0.6) is 5.75 Å². The summed E-state index contributed by atoms with van der Waals surface area (Å²) < 4.78 is 5.35. The third-order valence-corrected chi connectivity index (χ3v) is 5.64. The second kappa shape index (κ2) is 7.55. The molecule has 0 amide bonds. The molecule has 1 aromatic carbocycles. The Morgan fingerprint density at radius 2 is 2.19 bits per heavy atom. The summed E-state index contributed by atoms with van der Waals surface area (Å²) in [6.07, 6.45) is 5.09. The molecule has 2 rings (SSSR count). The van der Waals surface area contributed by atoms with Gasteiger partial charge in [0.1, 0.15) is 5.75 Å². The maximum Gasteiger partial charge on any atom is 0.119 e. The van der Waals surface area contributed by atoms with E-state index in [1.807, 2.05) is 17.8 Å². The van der Waals surface area contributed by atoms with Gasteiger partial charge in [-0.1, -0.05) is 26.8 Å². The van der Waals surface area contributed by atoms with E-state index in [4.69, 9.17) is 4.74 Å². The molecule has 21 heavy (non-hydrogen) atoms. The van der Waals surface area contributed by atoms with E-state index in [0.29, 0.717) is 16.7 Å². The van der Waals surface area contributed by atoms with Crippen LogP contribution in [0.4, 0.5) is 0 Å². The Hall–Kier alpha value is -0.670. The Labute approximate surface area is 134 Å². The van der Waals surface area contributed by atoms with Crippen molar-refractivity contribution in [3.05, 3.63) is 24.3 Å². The zero-order valence-corrected chi connectivity index (χ0v) is 14.6. The molecule has 2 unspecified atom stereocenters. The number of nitrogens with one attached hydrogen (secondary N) is 1. The van der Waals surface area contributed by atoms with Crippen molar-refractivity contribution in [2.45, 2.75) is 62.6 Å². The topological polar surface area (TPSA) is 21.3 Å². The normalized spacial score (nSPS) is 24.8. The molecule has 3 heteroatoms. The van der Waals surface area contributed by atoms with E-state index >= 15 is 0 Å². The van der Waals surface area contributed by atoms with Crippen molar-refractivity contribution >= 4 is 11.8 Å². The highest BCUT2D eigenvalue weighted by Gasteiger charge is 2.35. The monoisotopic (exact) mass is 307 g/mol. The van der Waals surface area contributed by atoms with Gasteiger partial charge in [0.25, 0.3) is 0 Å². The maximum absolute atomic E-state index is 5.35. The molecule has 2 nitrogen and oxygen atoms in total. The minimum absolute atomic E-state index is 0.459. The number of rotatable bonds is 6. The Balaban J connectivity index is 2.07. The van der Waals surface area contributed by atoms with Crippen LogP contribution in [0, 0.1) is 5.41 Å². The summed E-state index contributed by atoms with van der Waals surface area (Å²) in [5.41, 5.74) is 0.459. The molecular formula is C18H29NOS. The molecule has 0 spiro atoms. The fraction of sp³-hybridized carbons (Fsp3) is 0.667. The lowest BCUT2D eigenvalue weighted by atomic mass is 9.75. The predicted octanol–water partition coefficient (Wildman–Crippen LogP) is 4.73. The third kappa shape index (κ3) is 4.93. The zero-order chi connectivity index (χ0) is 15.3. The minimum Gasteiger partial charge on any atom is -0.497 e. The molecule has 0 bridgehead atoms. The molecule has 118 valence electrons. The van der Waals surface area contributed by atoms with Crippen molar-refractivity contribution in [1.29, 1.82) is 0 Å². The SMILES string of the molecule is CCCNC1CCC(C)(C)CC1Sc1cccc(OC)c1. The molecule has 1 aliphatic rings. The van der Waals surface area contributed by atoms with Crippen molar-refractivity contribution in [2.75, 3.05) is 13.7 Å². The number of ether oxygens (including phenoxy) is 1. The highest BCUT2D eigenvalue weighted by atomic mass is 32.2. The summed E-state index contributed by atoms with van der Waals surface area (Å²) in [5.74, 6) is 0.952. The third-order valence-electron chi connectivity index (χ3n) is 4.32. The van der Waals surface area contributed by atoms with Gasteiger partial charge in [-0.2, -0.15) is 0 Å². The molecular weight excluding hydrogens is 278 g/mol. The summed E-state index contributed by atoms with van der Waals surface area (Å²) in [4.78, 5) is 1.32. The molecule has 0 aromatic heterocycles. The molecule has 1 aromatic rings. The summed E-state index contributed by atoms with van der Waals surface area (Å²) in [5, 5.41) is 4.40. The molecule has 0 aliphatic heterocycles. The van der Waals surface area contributed by atoms with E-state index in [1.54, 1.807) is 7.11 Å². The Morgan fingerprint density at radius 1 is 1.38 bits per heavy atom. The van der Waals surface area contributed by atoms with E-state index in [-0.39, 0.29) is 0 Å². The van der Waals surface area contributed by atoms with Gasteiger partial charge in [-0.15, -0.1) is 11.8 Å². The minimum atomic E-state index is 0.459. The smallest absolute Gasteiger partial charge is 0.119 e. The summed E-state index contributed by atoms with van der Waals surface area (Å²) in [7, 11) is 1.74. The van der Waals surface area contributed by atoms with Gasteiger partial charge in [0.05, 0.1) is 7.11 Å². The quantitative estimate of drug-likeness (QED) is 0.820. The number of hydrogen-bond donors (Lipinski definition) is 1. The standard InChI is InChI=1S/C18H29NOS/c1-5-11-19-16-9-10-18(2,3)13-17(16)21-15-8-6-7-14(12-15)20-4/h6-8,12,16-17,19H,5,9-11,13H2,1-4H3. The summed E-state index contributed by atoms with van der Waals surface area (Å²) >= 11 is 2.01. The molecule has 0 saturated heterocycles. The molecule has 0 radical (unpaired) electrons. The van der Waals surface area contributed by atoms with E-state index < -0.39 is 0 Å². The first kappa shape index (κ1) is 16.7. The van der Waals surface area contributed by atoms with Crippen LogP contribution in [0.15, 0.2) is 29.2 Å². The van der Waals surface area contributed by atoms with Crippen LogP contribution in [-0.4, -0.2) is 24.9 Å². The molecule has 1 saturated carbocycles. The lowest BCUT2D eigenvalue weighted by Crippen LogP contribution is -2.45. The van der Waals surface area contributed by atoms with Crippen molar-refractivity contribution in [2.24, 2.45) is 5.41 Å². The molecule has 1 fully saturated rings. The Kier molecular flexibility index (Phi) is 6.00. The number of hydrogen-bond acceptors (Lipinski definition) is 3. The highest BCUT2D eigenvalue weighted by Crippen LogP contribution is 2.43. The van der Waals surface area contributed by atoms with Gasteiger partial charge >= 0.3 is 0 Å². The molecule has 1 aliphatic carbocycles. The highest BCUT2D eigenvalue weighted by molar-refractivity contribution is 8.00. The van der Waals surface area contributed by atoms with Crippen LogP contribution in [0.25, 0.3) is 0 Å². The van der Waals surface area contributed by atoms with Gasteiger partial charge in [0.15, 0.2) is 0 Å². The van der Waals surface area contributed by atoms with Crippen LogP contribution < -0.4 is 10.1 Å². The van der Waals surface area contributed by atoms with Gasteiger partial charge in [0.2, 0.25) is 0 Å². The molecule has 1 N–H and O–H groups in total. The number of benzene rings is 1. The van der Waals surface area contributed by atoms with Crippen molar-refractivity contribution < 1.29 is 4.74 Å². The van der Waals surface area contributed by atoms with E-state index in [1.165, 1.54) is 30.6 Å². The molecule has 0 heterocycles. The van der Waals surface area contributed by atoms with Gasteiger partial charge in [-0.25, -0.2) is 0 Å². The number of methoxy groups -OCH3 is 1. The number of thioether (sulfide) groups is 1. The first-order valence-corrected chi connectivity index (χ1v) is 8.96. The Morgan fingerprint density at radius 3 is 2.90 bits per heavy atom. The predicted molar refractivity (Wildman–Crippen MR) is 92.4 cm³/mol. The van der Waals surface area contributed by atoms with Crippen molar-refractivity contribution in [1.82, 2.24) is 5.32 Å². The maximum atomic E-state index is 5.35. The van der Waals surface area contributed by atoms with Crippen LogP contribution in [0.3, 0.4) is 0 Å².